The van der Waals surface area contributed by atoms with Gasteiger partial charge >= 0.3 is 18.0 Å². The van der Waals surface area contributed by atoms with Gasteiger partial charge in [0.2, 0.25) is 5.91 Å². The second-order valence-electron chi connectivity index (χ2n) is 9.45. The molecule has 1 aromatic carbocycles. The first-order chi connectivity index (χ1) is 19.7. The van der Waals surface area contributed by atoms with Crippen LogP contribution in [0.2, 0.25) is 5.02 Å². The lowest BCUT2D eigenvalue weighted by molar-refractivity contribution is -0.207. The number of aliphatic hydroxyl groups excluding tert-OH is 1. The summed E-state index contributed by atoms with van der Waals surface area (Å²) in [6, 6.07) is 8.60. The van der Waals surface area contributed by atoms with Crippen molar-refractivity contribution in [1.29, 1.82) is 0 Å². The smallest absolute Gasteiger partial charge is 0.382 e. The number of nitrogens with zero attached hydrogens (tertiary/aromatic N) is 7. The van der Waals surface area contributed by atoms with Crippen LogP contribution in [0.5, 0.6) is 0 Å². The summed E-state index contributed by atoms with van der Waals surface area (Å²) in [5, 5.41) is 20.4. The van der Waals surface area contributed by atoms with E-state index in [4.69, 9.17) is 11.6 Å². The molecule has 0 spiro atoms. The molecule has 4 aromatic rings. The predicted octanol–water partition coefficient (Wildman–Crippen LogP) is 3.59. The monoisotopic (exact) mass is 616 g/mol. The van der Waals surface area contributed by atoms with E-state index >= 15 is 0 Å². The minimum absolute atomic E-state index is 0.0594. The number of alkyl halides is 6. The van der Waals surface area contributed by atoms with Gasteiger partial charge in [-0.1, -0.05) is 11.6 Å². The lowest BCUT2D eigenvalue weighted by Gasteiger charge is -2.19. The molecule has 1 fully saturated rings. The SMILES string of the molecule is O=C(Nc1ncccc1-n1cnc(Cn2nc(-c3ccc(Cl)cc3)n(CC(O)C(F)(F)F)c2=O)n1)C1(C(F)(F)F)CC1. The first-order valence-corrected chi connectivity index (χ1v) is 12.5. The molecule has 1 unspecified atom stereocenters. The van der Waals surface area contributed by atoms with Gasteiger partial charge in [0.05, 0.1) is 6.54 Å². The number of hydrogen-bond acceptors (Lipinski definition) is 7. The van der Waals surface area contributed by atoms with Crippen molar-refractivity contribution in [2.45, 2.75) is 44.4 Å². The van der Waals surface area contributed by atoms with Crippen molar-refractivity contribution in [2.24, 2.45) is 5.41 Å². The number of halogens is 7. The number of pyridine rings is 1. The van der Waals surface area contributed by atoms with Gasteiger partial charge in [0, 0.05) is 16.8 Å². The molecule has 1 amide bonds. The van der Waals surface area contributed by atoms with E-state index < -0.39 is 48.6 Å². The Bertz CT molecular complexity index is 1670. The summed E-state index contributed by atoms with van der Waals surface area (Å²) in [5.41, 5.74) is -3.19. The molecule has 0 saturated heterocycles. The summed E-state index contributed by atoms with van der Waals surface area (Å²) in [6.45, 7) is -1.57. The second kappa shape index (κ2) is 10.5. The van der Waals surface area contributed by atoms with Crippen LogP contribution in [0, 0.1) is 5.41 Å². The van der Waals surface area contributed by atoms with Crippen LogP contribution in [0.4, 0.5) is 32.2 Å². The van der Waals surface area contributed by atoms with E-state index in [1.54, 1.807) is 0 Å². The number of anilines is 1. The quantitative estimate of drug-likeness (QED) is 0.289. The second-order valence-corrected chi connectivity index (χ2v) is 9.89. The minimum Gasteiger partial charge on any atom is -0.382 e. The first kappa shape index (κ1) is 29.2. The molecule has 18 heteroatoms. The topological polar surface area (TPSA) is 133 Å². The van der Waals surface area contributed by atoms with Crippen molar-refractivity contribution >= 4 is 23.3 Å². The average Bonchev–Trinajstić information content (AvgIpc) is 3.55. The number of rotatable bonds is 8. The highest BCUT2D eigenvalue weighted by Crippen LogP contribution is 2.58. The summed E-state index contributed by atoms with van der Waals surface area (Å²) < 4.78 is 82.0. The Balaban J connectivity index is 1.43. The van der Waals surface area contributed by atoms with Crippen LogP contribution in [-0.4, -0.2) is 63.6 Å². The lowest BCUT2D eigenvalue weighted by Crippen LogP contribution is -2.37. The van der Waals surface area contributed by atoms with Crippen molar-refractivity contribution in [1.82, 2.24) is 34.1 Å². The third kappa shape index (κ3) is 5.61. The van der Waals surface area contributed by atoms with Gasteiger partial charge < -0.3 is 10.4 Å². The maximum atomic E-state index is 13.4. The molecule has 5 rings (SSSR count). The van der Waals surface area contributed by atoms with E-state index in [0.29, 0.717) is 9.59 Å². The molecule has 11 nitrogen and oxygen atoms in total. The number of carbonyl (C=O) groups excluding carboxylic acids is 1. The standard InChI is InChI=1S/C24H19ClF6N8O3/c25-14-5-3-13(4-6-14)19-36-38(21(42)37(19)10-16(40)23(26,27)28)11-17-33-12-39(35-17)15-2-1-9-32-18(15)34-20(41)22(7-8-22)24(29,30)31/h1-6,9,12,16,40H,7-8,10-11H2,(H,32,34,41). The third-order valence-corrected chi connectivity index (χ3v) is 6.83. The lowest BCUT2D eigenvalue weighted by atomic mass is 10.1. The predicted molar refractivity (Wildman–Crippen MR) is 134 cm³/mol. The Hall–Kier alpha value is -4.25. The molecule has 0 radical (unpaired) electrons. The van der Waals surface area contributed by atoms with E-state index in [1.807, 2.05) is 0 Å². The van der Waals surface area contributed by atoms with Gasteiger partial charge in [-0.25, -0.2) is 24.1 Å². The molecule has 0 aliphatic heterocycles. The maximum absolute atomic E-state index is 13.4. The largest absolute Gasteiger partial charge is 0.416 e. The van der Waals surface area contributed by atoms with Crippen LogP contribution >= 0.6 is 11.6 Å². The number of hydrogen-bond donors (Lipinski definition) is 2. The minimum atomic E-state index is -5.00. The van der Waals surface area contributed by atoms with Crippen molar-refractivity contribution in [3.63, 3.8) is 0 Å². The highest BCUT2D eigenvalue weighted by molar-refractivity contribution is 6.30. The van der Waals surface area contributed by atoms with E-state index in [-0.39, 0.29) is 41.6 Å². The zero-order valence-corrected chi connectivity index (χ0v) is 21.8. The van der Waals surface area contributed by atoms with Crippen LogP contribution in [0.15, 0.2) is 53.7 Å². The molecule has 42 heavy (non-hydrogen) atoms. The third-order valence-electron chi connectivity index (χ3n) is 6.58. The van der Waals surface area contributed by atoms with Crippen LogP contribution in [-0.2, 0) is 17.9 Å². The zero-order chi connectivity index (χ0) is 30.4. The zero-order valence-electron chi connectivity index (χ0n) is 21.1. The fraction of sp³-hybridized carbons (Fsp3) is 0.333. The molecular weight excluding hydrogens is 598 g/mol. The van der Waals surface area contributed by atoms with Crippen molar-refractivity contribution in [2.75, 3.05) is 5.32 Å². The Labute approximate surface area is 236 Å². The van der Waals surface area contributed by atoms with Gasteiger partial charge in [-0.05, 0) is 49.2 Å². The molecule has 2 N–H and O–H groups in total. The number of aromatic nitrogens is 7. The Morgan fingerprint density at radius 2 is 1.76 bits per heavy atom. The number of nitrogens with one attached hydrogen (secondary N) is 1. The van der Waals surface area contributed by atoms with Crippen molar-refractivity contribution in [3.05, 3.63) is 70.3 Å². The van der Waals surface area contributed by atoms with E-state index in [2.05, 4.69) is 25.5 Å². The summed E-state index contributed by atoms with van der Waals surface area (Å²) in [6.07, 6.45) is -10.9. The number of amides is 1. The highest BCUT2D eigenvalue weighted by Gasteiger charge is 2.68. The fourth-order valence-corrected chi connectivity index (χ4v) is 4.21. The molecule has 3 heterocycles. The summed E-state index contributed by atoms with van der Waals surface area (Å²) in [7, 11) is 0. The highest BCUT2D eigenvalue weighted by atomic mass is 35.5. The van der Waals surface area contributed by atoms with Crippen LogP contribution in [0.1, 0.15) is 18.7 Å². The summed E-state index contributed by atoms with van der Waals surface area (Å²) in [4.78, 5) is 33.5. The summed E-state index contributed by atoms with van der Waals surface area (Å²) >= 11 is 5.88. The normalized spacial score (nSPS) is 15.4. The van der Waals surface area contributed by atoms with Crippen molar-refractivity contribution in [3.8, 4) is 17.1 Å². The van der Waals surface area contributed by atoms with Crippen LogP contribution < -0.4 is 11.0 Å². The molecule has 1 aliphatic carbocycles. The molecule has 3 aromatic heterocycles. The van der Waals surface area contributed by atoms with Gasteiger partial charge in [0.25, 0.3) is 0 Å². The van der Waals surface area contributed by atoms with Gasteiger partial charge in [-0.3, -0.25) is 9.36 Å². The first-order valence-electron chi connectivity index (χ1n) is 12.1. The van der Waals surface area contributed by atoms with Crippen molar-refractivity contribution < 1.29 is 36.2 Å². The molecular formula is C24H19ClF6N8O3. The van der Waals surface area contributed by atoms with Gasteiger partial charge in [-0.2, -0.15) is 26.3 Å². The van der Waals surface area contributed by atoms with Gasteiger partial charge in [0.1, 0.15) is 24.0 Å². The number of carbonyl (C=O) groups is 1. The van der Waals surface area contributed by atoms with Crippen LogP contribution in [0.25, 0.3) is 17.1 Å². The van der Waals surface area contributed by atoms with E-state index in [0.717, 1.165) is 15.7 Å². The van der Waals surface area contributed by atoms with Gasteiger partial charge in [0.15, 0.2) is 23.6 Å². The number of benzene rings is 1. The molecule has 1 saturated carbocycles. The van der Waals surface area contributed by atoms with E-state index in [9.17, 15) is 41.0 Å². The van der Waals surface area contributed by atoms with Crippen LogP contribution in [0.3, 0.4) is 0 Å². The molecule has 222 valence electrons. The maximum Gasteiger partial charge on any atom is 0.416 e. The van der Waals surface area contributed by atoms with Gasteiger partial charge in [-0.15, -0.1) is 10.2 Å². The number of aliphatic hydroxyl groups is 1. The van der Waals surface area contributed by atoms with E-state index in [1.165, 1.54) is 42.6 Å². The summed E-state index contributed by atoms with van der Waals surface area (Å²) in [5.74, 6) is -1.73. The molecule has 0 bridgehead atoms. The fourth-order valence-electron chi connectivity index (χ4n) is 4.09. The molecule has 1 aliphatic rings. The Kier molecular flexibility index (Phi) is 7.34. The Morgan fingerprint density at radius 1 is 1.07 bits per heavy atom. The molecule has 1 atom stereocenters. The average molecular weight is 617 g/mol. The Morgan fingerprint density at radius 3 is 2.38 bits per heavy atom.